The van der Waals surface area contributed by atoms with Gasteiger partial charge in [0.2, 0.25) is 5.91 Å². The fourth-order valence-electron chi connectivity index (χ4n) is 4.70. The van der Waals surface area contributed by atoms with Gasteiger partial charge < -0.3 is 9.47 Å². The molecule has 2 heterocycles. The molecular weight excluding hydrogens is 444 g/mol. The molecule has 0 saturated carbocycles. The van der Waals surface area contributed by atoms with Gasteiger partial charge in [0.05, 0.1) is 31.1 Å². The highest BCUT2D eigenvalue weighted by Gasteiger charge is 2.60. The van der Waals surface area contributed by atoms with Crippen LogP contribution in [0, 0.1) is 5.92 Å². The molecule has 7 heteroatoms. The van der Waals surface area contributed by atoms with E-state index in [-0.39, 0.29) is 11.8 Å². The van der Waals surface area contributed by atoms with Crippen molar-refractivity contribution in [2.75, 3.05) is 23.7 Å². The maximum atomic E-state index is 13.7. The van der Waals surface area contributed by atoms with E-state index in [9.17, 15) is 9.59 Å². The lowest BCUT2D eigenvalue weighted by atomic mass is 9.90. The van der Waals surface area contributed by atoms with Crippen LogP contribution in [-0.4, -0.2) is 31.6 Å². The number of imide groups is 1. The Morgan fingerprint density at radius 1 is 0.857 bits per heavy atom. The van der Waals surface area contributed by atoms with Crippen LogP contribution < -0.4 is 19.4 Å². The van der Waals surface area contributed by atoms with Gasteiger partial charge in [0.25, 0.3) is 5.91 Å². The van der Waals surface area contributed by atoms with Crippen molar-refractivity contribution in [2.45, 2.75) is 31.9 Å². The molecule has 0 bridgehead atoms. The summed E-state index contributed by atoms with van der Waals surface area (Å²) >= 11 is 0. The minimum Gasteiger partial charge on any atom is -0.493 e. The number of hydrogen-bond donors (Lipinski definition) is 0. The number of anilines is 2. The monoisotopic (exact) mass is 472 g/mol. The van der Waals surface area contributed by atoms with Gasteiger partial charge in [-0.3, -0.25) is 14.4 Å². The summed E-state index contributed by atoms with van der Waals surface area (Å²) < 4.78 is 11.5. The molecule has 0 N–H and O–H groups in total. The first-order valence-electron chi connectivity index (χ1n) is 11.9. The zero-order chi connectivity index (χ0) is 24.4. The van der Waals surface area contributed by atoms with E-state index in [4.69, 9.17) is 14.3 Å². The van der Waals surface area contributed by atoms with Crippen LogP contribution in [0.15, 0.2) is 78.9 Å². The van der Waals surface area contributed by atoms with Gasteiger partial charge in [-0.25, -0.2) is 9.96 Å². The van der Waals surface area contributed by atoms with Gasteiger partial charge in [0.1, 0.15) is 5.92 Å². The van der Waals surface area contributed by atoms with E-state index in [2.05, 4.69) is 6.92 Å². The Morgan fingerprint density at radius 2 is 1.54 bits per heavy atom. The molecule has 0 radical (unpaired) electrons. The summed E-state index contributed by atoms with van der Waals surface area (Å²) in [5.74, 6) is -0.129. The Bertz CT molecular complexity index is 1200. The lowest BCUT2D eigenvalue weighted by Crippen LogP contribution is -2.37. The fourth-order valence-corrected chi connectivity index (χ4v) is 4.70. The van der Waals surface area contributed by atoms with Crippen molar-refractivity contribution >= 4 is 23.2 Å². The average Bonchev–Trinajstić information content (AvgIpc) is 3.41. The molecule has 0 spiro atoms. The van der Waals surface area contributed by atoms with Crippen molar-refractivity contribution in [1.82, 2.24) is 0 Å². The van der Waals surface area contributed by atoms with E-state index in [1.165, 1.54) is 4.90 Å². The van der Waals surface area contributed by atoms with Crippen molar-refractivity contribution in [2.24, 2.45) is 5.92 Å². The van der Waals surface area contributed by atoms with E-state index in [1.54, 1.807) is 36.4 Å². The highest BCUT2D eigenvalue weighted by molar-refractivity contribution is 6.23. The Hall–Kier alpha value is -3.84. The number of carbonyl (C=O) groups excluding carboxylic acids is 2. The third kappa shape index (κ3) is 4.12. The second kappa shape index (κ2) is 9.80. The van der Waals surface area contributed by atoms with Crippen LogP contribution in [0.2, 0.25) is 0 Å². The molecule has 180 valence electrons. The molecule has 2 fully saturated rings. The van der Waals surface area contributed by atoms with Gasteiger partial charge in [-0.05, 0) is 48.4 Å². The van der Waals surface area contributed by atoms with Gasteiger partial charge in [-0.1, -0.05) is 55.8 Å². The molecular formula is C28H28N2O5. The topological polar surface area (TPSA) is 68.3 Å². The molecule has 0 aromatic heterocycles. The Labute approximate surface area is 204 Å². The van der Waals surface area contributed by atoms with Gasteiger partial charge >= 0.3 is 0 Å². The molecule has 0 unspecified atom stereocenters. The number of benzene rings is 3. The molecule has 3 atom stereocenters. The van der Waals surface area contributed by atoms with Crippen molar-refractivity contribution in [3.63, 3.8) is 0 Å². The Morgan fingerprint density at radius 3 is 2.20 bits per heavy atom. The van der Waals surface area contributed by atoms with Crippen molar-refractivity contribution < 1.29 is 23.9 Å². The maximum Gasteiger partial charge on any atom is 0.266 e. The van der Waals surface area contributed by atoms with Crippen LogP contribution >= 0.6 is 0 Å². The van der Waals surface area contributed by atoms with E-state index in [0.29, 0.717) is 23.8 Å². The number of carbonyl (C=O) groups is 2. The number of methoxy groups -OCH3 is 1. The van der Waals surface area contributed by atoms with Crippen molar-refractivity contribution in [3.8, 4) is 11.5 Å². The zero-order valence-electron chi connectivity index (χ0n) is 19.8. The number of amides is 2. The predicted molar refractivity (Wildman–Crippen MR) is 132 cm³/mol. The standard InChI is InChI=1S/C28H28N2O5/c1-3-4-17-34-22-16-15-19(18-23(22)33-2)25-24-26(35-30(25)21-13-9-6-10-14-21)28(32)29(27(24)31)20-11-7-5-8-12-20/h5-16,18,24-26H,3-4,17H2,1-2H3/t24-,25+,26+/m0/s1. The minimum absolute atomic E-state index is 0.281. The third-order valence-electron chi connectivity index (χ3n) is 6.43. The molecule has 2 aliphatic heterocycles. The van der Waals surface area contributed by atoms with Crippen LogP contribution in [0.4, 0.5) is 11.4 Å². The first-order chi connectivity index (χ1) is 17.1. The molecule has 7 nitrogen and oxygen atoms in total. The summed E-state index contributed by atoms with van der Waals surface area (Å²) in [7, 11) is 1.59. The number of ether oxygens (including phenoxy) is 2. The highest BCUT2D eigenvalue weighted by atomic mass is 16.7. The largest absolute Gasteiger partial charge is 0.493 e. The number of hydrogen-bond acceptors (Lipinski definition) is 6. The number of rotatable bonds is 8. The van der Waals surface area contributed by atoms with Crippen LogP contribution in [0.5, 0.6) is 11.5 Å². The molecule has 2 saturated heterocycles. The van der Waals surface area contributed by atoms with Crippen molar-refractivity contribution in [1.29, 1.82) is 0 Å². The number of hydroxylamine groups is 1. The Balaban J connectivity index is 1.54. The summed E-state index contributed by atoms with van der Waals surface area (Å²) in [6.45, 7) is 2.70. The summed E-state index contributed by atoms with van der Waals surface area (Å²) in [4.78, 5) is 34.5. The number of para-hydroxylation sites is 2. The second-order valence-corrected chi connectivity index (χ2v) is 8.62. The second-order valence-electron chi connectivity index (χ2n) is 8.62. The van der Waals surface area contributed by atoms with Crippen LogP contribution in [-0.2, 0) is 14.4 Å². The quantitative estimate of drug-likeness (QED) is 0.342. The molecule has 35 heavy (non-hydrogen) atoms. The first-order valence-corrected chi connectivity index (χ1v) is 11.9. The lowest BCUT2D eigenvalue weighted by molar-refractivity contribution is -0.126. The molecule has 5 rings (SSSR count). The maximum absolute atomic E-state index is 13.7. The predicted octanol–water partition coefficient (Wildman–Crippen LogP) is 4.93. The average molecular weight is 473 g/mol. The third-order valence-corrected chi connectivity index (χ3v) is 6.43. The van der Waals surface area contributed by atoms with Crippen molar-refractivity contribution in [3.05, 3.63) is 84.4 Å². The summed E-state index contributed by atoms with van der Waals surface area (Å²) in [6.07, 6.45) is 1.06. The number of nitrogens with zero attached hydrogens (tertiary/aromatic N) is 2. The van der Waals surface area contributed by atoms with E-state index >= 15 is 0 Å². The van der Waals surface area contributed by atoms with E-state index in [1.807, 2.05) is 54.6 Å². The van der Waals surface area contributed by atoms with Gasteiger partial charge in [-0.2, -0.15) is 0 Å². The van der Waals surface area contributed by atoms with Gasteiger partial charge in [-0.15, -0.1) is 0 Å². The summed E-state index contributed by atoms with van der Waals surface area (Å²) in [6, 6.07) is 23.6. The summed E-state index contributed by atoms with van der Waals surface area (Å²) in [5, 5.41) is 1.68. The molecule has 2 aliphatic rings. The van der Waals surface area contributed by atoms with E-state index < -0.39 is 18.1 Å². The Kier molecular flexibility index (Phi) is 6.42. The van der Waals surface area contributed by atoms with E-state index in [0.717, 1.165) is 24.1 Å². The summed E-state index contributed by atoms with van der Waals surface area (Å²) in [5.41, 5.74) is 2.11. The minimum atomic E-state index is -0.917. The zero-order valence-corrected chi connectivity index (χ0v) is 19.8. The van der Waals surface area contributed by atoms with Gasteiger partial charge in [0.15, 0.2) is 17.6 Å². The normalized spacial score (nSPS) is 21.4. The fraction of sp³-hybridized carbons (Fsp3) is 0.286. The lowest BCUT2D eigenvalue weighted by Gasteiger charge is -2.29. The van der Waals surface area contributed by atoms with Crippen LogP contribution in [0.25, 0.3) is 0 Å². The smallest absolute Gasteiger partial charge is 0.266 e. The SMILES string of the molecule is CCCCOc1ccc([C@@H]2[C@@H]3C(=O)N(c4ccccc4)C(=O)[C@@H]3ON2c2ccccc2)cc1OC. The van der Waals surface area contributed by atoms with Gasteiger partial charge in [0, 0.05) is 0 Å². The molecule has 2 amide bonds. The molecule has 3 aromatic rings. The van der Waals surface area contributed by atoms with Crippen LogP contribution in [0.1, 0.15) is 31.4 Å². The molecule has 3 aromatic carbocycles. The number of fused-ring (bicyclic) bond motifs is 1. The molecule has 0 aliphatic carbocycles. The first kappa shape index (κ1) is 22.9. The number of unbranched alkanes of at least 4 members (excludes halogenated alkanes) is 1. The van der Waals surface area contributed by atoms with Crippen LogP contribution in [0.3, 0.4) is 0 Å². The highest BCUT2D eigenvalue weighted by Crippen LogP contribution is 2.48.